The van der Waals surface area contributed by atoms with Gasteiger partial charge in [-0.1, -0.05) is 24.3 Å². The van der Waals surface area contributed by atoms with Crippen LogP contribution < -0.4 is 0 Å². The Labute approximate surface area is 118 Å². The van der Waals surface area contributed by atoms with Gasteiger partial charge in [0.1, 0.15) is 5.41 Å². The summed E-state index contributed by atoms with van der Waals surface area (Å²) in [6.07, 6.45) is 1.90. The number of rotatable bonds is 1. The van der Waals surface area contributed by atoms with E-state index >= 15 is 0 Å². The second kappa shape index (κ2) is 5.26. The van der Waals surface area contributed by atoms with Crippen molar-refractivity contribution >= 4 is 5.91 Å². The Morgan fingerprint density at radius 3 is 2.65 bits per heavy atom. The normalized spacial score (nSPS) is 20.9. The Bertz CT molecular complexity index is 556. The van der Waals surface area contributed by atoms with E-state index in [1.807, 2.05) is 17.0 Å². The number of hydrogen-bond donors (Lipinski definition) is 0. The van der Waals surface area contributed by atoms with E-state index in [-0.39, 0.29) is 5.91 Å². The van der Waals surface area contributed by atoms with Crippen LogP contribution in [0.4, 0.5) is 0 Å². The third-order valence-electron chi connectivity index (χ3n) is 4.39. The van der Waals surface area contributed by atoms with E-state index in [9.17, 15) is 10.1 Å². The zero-order chi connectivity index (χ0) is 14.0. The number of ether oxygens (including phenoxy) is 1. The average Bonchev–Trinajstić information content (AvgIpc) is 2.54. The van der Waals surface area contributed by atoms with Gasteiger partial charge in [0.2, 0.25) is 5.91 Å². The second-order valence-electron chi connectivity index (χ2n) is 5.55. The number of nitriles is 1. The molecule has 0 aliphatic carbocycles. The maximum atomic E-state index is 12.8. The Hall–Kier alpha value is -1.86. The quantitative estimate of drug-likeness (QED) is 0.783. The first-order chi connectivity index (χ1) is 9.75. The zero-order valence-corrected chi connectivity index (χ0v) is 11.5. The fraction of sp³-hybridized carbons (Fsp3) is 0.500. The van der Waals surface area contributed by atoms with Crippen LogP contribution in [0.3, 0.4) is 0 Å². The van der Waals surface area contributed by atoms with Crippen molar-refractivity contribution in [2.45, 2.75) is 25.8 Å². The summed E-state index contributed by atoms with van der Waals surface area (Å²) >= 11 is 0. The SMILES string of the molecule is N#CC1(C(=O)N2CCc3ccccc3C2)CCOCC1. The highest BCUT2D eigenvalue weighted by molar-refractivity contribution is 5.85. The number of carbonyl (C=O) groups is 1. The van der Waals surface area contributed by atoms with Crippen molar-refractivity contribution in [3.63, 3.8) is 0 Å². The molecule has 0 atom stereocenters. The van der Waals surface area contributed by atoms with Crippen LogP contribution in [0.25, 0.3) is 0 Å². The van der Waals surface area contributed by atoms with E-state index in [4.69, 9.17) is 4.74 Å². The molecule has 3 rings (SSSR count). The topological polar surface area (TPSA) is 53.3 Å². The molecule has 1 fully saturated rings. The monoisotopic (exact) mass is 270 g/mol. The van der Waals surface area contributed by atoms with Crippen molar-refractivity contribution < 1.29 is 9.53 Å². The van der Waals surface area contributed by atoms with Gasteiger partial charge >= 0.3 is 0 Å². The Morgan fingerprint density at radius 2 is 1.95 bits per heavy atom. The largest absolute Gasteiger partial charge is 0.381 e. The third kappa shape index (κ3) is 2.19. The Balaban J connectivity index is 1.80. The van der Waals surface area contributed by atoms with Crippen LogP contribution in [0, 0.1) is 16.7 Å². The molecule has 0 unspecified atom stereocenters. The van der Waals surface area contributed by atoms with Crippen LogP contribution >= 0.6 is 0 Å². The van der Waals surface area contributed by atoms with Crippen molar-refractivity contribution in [3.05, 3.63) is 35.4 Å². The molecule has 0 aromatic heterocycles. The van der Waals surface area contributed by atoms with E-state index in [0.717, 1.165) is 6.42 Å². The molecule has 0 radical (unpaired) electrons. The van der Waals surface area contributed by atoms with E-state index in [1.54, 1.807) is 0 Å². The van der Waals surface area contributed by atoms with Gasteiger partial charge in [0.05, 0.1) is 6.07 Å². The summed E-state index contributed by atoms with van der Waals surface area (Å²) in [6.45, 7) is 2.34. The Kier molecular flexibility index (Phi) is 3.45. The lowest BCUT2D eigenvalue weighted by atomic mass is 9.80. The highest BCUT2D eigenvalue weighted by Crippen LogP contribution is 2.33. The molecule has 1 aromatic rings. The van der Waals surface area contributed by atoms with Gasteiger partial charge in [-0.05, 0) is 30.4 Å². The molecular formula is C16H18N2O2. The van der Waals surface area contributed by atoms with Gasteiger partial charge in [0, 0.05) is 26.3 Å². The fourth-order valence-electron chi connectivity index (χ4n) is 3.07. The maximum absolute atomic E-state index is 12.8. The summed E-state index contributed by atoms with van der Waals surface area (Å²) in [5, 5.41) is 9.48. The summed E-state index contributed by atoms with van der Waals surface area (Å²) in [7, 11) is 0. The van der Waals surface area contributed by atoms with Crippen molar-refractivity contribution in [1.29, 1.82) is 5.26 Å². The summed E-state index contributed by atoms with van der Waals surface area (Å²) in [5.74, 6) is -0.0159. The molecule has 104 valence electrons. The zero-order valence-electron chi connectivity index (χ0n) is 11.5. The molecule has 20 heavy (non-hydrogen) atoms. The number of benzene rings is 1. The van der Waals surface area contributed by atoms with Gasteiger partial charge in [-0.25, -0.2) is 0 Å². The first kappa shape index (κ1) is 13.1. The molecule has 1 amide bonds. The standard InChI is InChI=1S/C16H18N2O2/c17-12-16(6-9-20-10-7-16)15(19)18-8-5-13-3-1-2-4-14(13)11-18/h1-4H,5-11H2. The predicted molar refractivity (Wildman–Crippen MR) is 73.7 cm³/mol. The van der Waals surface area contributed by atoms with Crippen molar-refractivity contribution in [1.82, 2.24) is 4.90 Å². The van der Waals surface area contributed by atoms with Crippen LogP contribution in [0.5, 0.6) is 0 Å². The van der Waals surface area contributed by atoms with Gasteiger partial charge in [-0.3, -0.25) is 4.79 Å². The summed E-state index contributed by atoms with van der Waals surface area (Å²) in [5.41, 5.74) is 1.65. The lowest BCUT2D eigenvalue weighted by Gasteiger charge is -2.37. The molecule has 0 N–H and O–H groups in total. The summed E-state index contributed by atoms with van der Waals surface area (Å²) in [4.78, 5) is 14.6. The van der Waals surface area contributed by atoms with Crippen molar-refractivity contribution in [2.75, 3.05) is 19.8 Å². The maximum Gasteiger partial charge on any atom is 0.243 e. The number of amides is 1. The smallest absolute Gasteiger partial charge is 0.243 e. The van der Waals surface area contributed by atoms with E-state index in [0.29, 0.717) is 39.1 Å². The fourth-order valence-corrected chi connectivity index (χ4v) is 3.07. The first-order valence-electron chi connectivity index (χ1n) is 7.10. The molecule has 4 heteroatoms. The van der Waals surface area contributed by atoms with E-state index < -0.39 is 5.41 Å². The van der Waals surface area contributed by atoms with Crippen LogP contribution in [-0.2, 0) is 22.5 Å². The first-order valence-corrected chi connectivity index (χ1v) is 7.10. The van der Waals surface area contributed by atoms with Crippen LogP contribution in [0.2, 0.25) is 0 Å². The second-order valence-corrected chi connectivity index (χ2v) is 5.55. The molecule has 1 aromatic carbocycles. The minimum absolute atomic E-state index is 0.0159. The third-order valence-corrected chi connectivity index (χ3v) is 4.39. The van der Waals surface area contributed by atoms with Gasteiger partial charge in [-0.15, -0.1) is 0 Å². The lowest BCUT2D eigenvalue weighted by Crippen LogP contribution is -2.47. The number of fused-ring (bicyclic) bond motifs is 1. The van der Waals surface area contributed by atoms with Crippen LogP contribution in [-0.4, -0.2) is 30.6 Å². The average molecular weight is 270 g/mol. The molecule has 2 aliphatic rings. The Morgan fingerprint density at radius 1 is 1.25 bits per heavy atom. The van der Waals surface area contributed by atoms with Gasteiger partial charge in [0.25, 0.3) is 0 Å². The van der Waals surface area contributed by atoms with E-state index in [2.05, 4.69) is 18.2 Å². The van der Waals surface area contributed by atoms with Gasteiger partial charge in [-0.2, -0.15) is 5.26 Å². The molecule has 2 heterocycles. The highest BCUT2D eigenvalue weighted by Gasteiger charge is 2.43. The van der Waals surface area contributed by atoms with E-state index in [1.165, 1.54) is 11.1 Å². The van der Waals surface area contributed by atoms with Crippen molar-refractivity contribution in [2.24, 2.45) is 5.41 Å². The molecule has 1 saturated heterocycles. The molecule has 0 spiro atoms. The van der Waals surface area contributed by atoms with Crippen LogP contribution in [0.15, 0.2) is 24.3 Å². The lowest BCUT2D eigenvalue weighted by molar-refractivity contribution is -0.144. The molecule has 2 aliphatic heterocycles. The predicted octanol–water partition coefficient (Wildman–Crippen LogP) is 1.89. The number of nitrogens with zero attached hydrogens (tertiary/aromatic N) is 2. The molecule has 0 bridgehead atoms. The highest BCUT2D eigenvalue weighted by atomic mass is 16.5. The summed E-state index contributed by atoms with van der Waals surface area (Å²) in [6, 6.07) is 10.5. The number of carbonyl (C=O) groups excluding carboxylic acids is 1. The molecular weight excluding hydrogens is 252 g/mol. The minimum Gasteiger partial charge on any atom is -0.381 e. The van der Waals surface area contributed by atoms with Gasteiger partial charge < -0.3 is 9.64 Å². The molecule has 0 saturated carbocycles. The van der Waals surface area contributed by atoms with Crippen LogP contribution in [0.1, 0.15) is 24.0 Å². The van der Waals surface area contributed by atoms with Crippen molar-refractivity contribution in [3.8, 4) is 6.07 Å². The molecule has 4 nitrogen and oxygen atoms in total. The summed E-state index contributed by atoms with van der Waals surface area (Å²) < 4.78 is 5.30. The minimum atomic E-state index is -0.871. The van der Waals surface area contributed by atoms with Gasteiger partial charge in [0.15, 0.2) is 0 Å². The number of hydrogen-bond acceptors (Lipinski definition) is 3.